The Kier molecular flexibility index (Phi) is 4.09. The van der Waals surface area contributed by atoms with Gasteiger partial charge in [-0.2, -0.15) is 0 Å². The number of allylic oxidation sites excluding steroid dienone is 1. The lowest BCUT2D eigenvalue weighted by atomic mass is 9.89. The van der Waals surface area contributed by atoms with E-state index in [1.165, 1.54) is 28.8 Å². The first-order chi connectivity index (χ1) is 10.4. The first-order valence-electron chi connectivity index (χ1n) is 7.90. The molecule has 0 amide bonds. The minimum Gasteiger partial charge on any atom is -0.336 e. The lowest BCUT2D eigenvalue weighted by Crippen LogP contribution is -2.10. The highest BCUT2D eigenvalue weighted by molar-refractivity contribution is 7.15. The van der Waals surface area contributed by atoms with Crippen molar-refractivity contribution >= 4 is 16.5 Å². The van der Waals surface area contributed by atoms with Gasteiger partial charge in [0.15, 0.2) is 5.13 Å². The standard InChI is InChI=1S/C19H24N2S/c1-13(21-18-20-12-14(2)22-18)8-9-15-6-5-7-16-10-19(3,4)11-17(15)16/h5-7,12H,1,8-11H2,2-4H3,(H,20,21). The van der Waals surface area contributed by atoms with Crippen molar-refractivity contribution in [2.24, 2.45) is 5.41 Å². The normalized spacial score (nSPS) is 15.6. The monoisotopic (exact) mass is 312 g/mol. The lowest BCUT2D eigenvalue weighted by molar-refractivity contribution is 0.392. The molecule has 1 aromatic heterocycles. The number of aryl methyl sites for hydroxylation is 2. The van der Waals surface area contributed by atoms with Crippen LogP contribution in [-0.4, -0.2) is 4.98 Å². The minimum atomic E-state index is 0.409. The average molecular weight is 312 g/mol. The van der Waals surface area contributed by atoms with Crippen LogP contribution in [0.2, 0.25) is 0 Å². The Morgan fingerprint density at radius 2 is 2.18 bits per heavy atom. The molecule has 22 heavy (non-hydrogen) atoms. The van der Waals surface area contributed by atoms with E-state index in [0.29, 0.717) is 5.41 Å². The lowest BCUT2D eigenvalue weighted by Gasteiger charge is -2.15. The highest BCUT2D eigenvalue weighted by Gasteiger charge is 2.29. The molecule has 0 radical (unpaired) electrons. The van der Waals surface area contributed by atoms with Gasteiger partial charge in [-0.3, -0.25) is 0 Å². The zero-order valence-electron chi connectivity index (χ0n) is 13.7. The van der Waals surface area contributed by atoms with Crippen molar-refractivity contribution in [3.8, 4) is 0 Å². The van der Waals surface area contributed by atoms with Crippen LogP contribution in [0.1, 0.15) is 41.8 Å². The van der Waals surface area contributed by atoms with Gasteiger partial charge in [-0.25, -0.2) is 4.98 Å². The van der Waals surface area contributed by atoms with Crippen molar-refractivity contribution < 1.29 is 0 Å². The summed E-state index contributed by atoms with van der Waals surface area (Å²) in [5, 5.41) is 4.28. The predicted octanol–water partition coefficient (Wildman–Crippen LogP) is 5.13. The number of rotatable bonds is 5. The molecule has 1 aromatic carbocycles. The van der Waals surface area contributed by atoms with Gasteiger partial charge in [-0.1, -0.05) is 38.6 Å². The summed E-state index contributed by atoms with van der Waals surface area (Å²) in [4.78, 5) is 5.55. The van der Waals surface area contributed by atoms with Crippen LogP contribution in [0.25, 0.3) is 0 Å². The van der Waals surface area contributed by atoms with E-state index in [2.05, 4.69) is 55.9 Å². The van der Waals surface area contributed by atoms with Gasteiger partial charge in [-0.05, 0) is 54.7 Å². The van der Waals surface area contributed by atoms with Gasteiger partial charge in [0.1, 0.15) is 0 Å². The molecule has 0 saturated carbocycles. The molecule has 2 nitrogen and oxygen atoms in total. The summed E-state index contributed by atoms with van der Waals surface area (Å²) in [6, 6.07) is 6.77. The number of thiazole rings is 1. The zero-order chi connectivity index (χ0) is 15.7. The first-order valence-corrected chi connectivity index (χ1v) is 8.71. The summed E-state index contributed by atoms with van der Waals surface area (Å²) in [5.41, 5.74) is 6.05. The molecule has 1 aliphatic rings. The Morgan fingerprint density at radius 3 is 2.91 bits per heavy atom. The summed E-state index contributed by atoms with van der Waals surface area (Å²) in [7, 11) is 0. The van der Waals surface area contributed by atoms with E-state index in [9.17, 15) is 0 Å². The Bertz CT molecular complexity index is 697. The summed E-state index contributed by atoms with van der Waals surface area (Å²) in [6.07, 6.45) is 6.30. The third-order valence-corrected chi connectivity index (χ3v) is 5.12. The predicted molar refractivity (Wildman–Crippen MR) is 95.6 cm³/mol. The van der Waals surface area contributed by atoms with Crippen molar-refractivity contribution in [2.45, 2.75) is 46.5 Å². The van der Waals surface area contributed by atoms with Crippen molar-refractivity contribution in [3.05, 3.63) is 58.2 Å². The molecule has 3 heteroatoms. The van der Waals surface area contributed by atoms with E-state index in [-0.39, 0.29) is 0 Å². The van der Waals surface area contributed by atoms with E-state index in [4.69, 9.17) is 0 Å². The van der Waals surface area contributed by atoms with Gasteiger partial charge in [0.2, 0.25) is 0 Å². The van der Waals surface area contributed by atoms with Crippen molar-refractivity contribution in [1.82, 2.24) is 4.98 Å². The Morgan fingerprint density at radius 1 is 1.36 bits per heavy atom. The van der Waals surface area contributed by atoms with Crippen LogP contribution in [0.3, 0.4) is 0 Å². The smallest absolute Gasteiger partial charge is 0.187 e. The van der Waals surface area contributed by atoms with E-state index in [1.54, 1.807) is 16.9 Å². The fourth-order valence-corrected chi connectivity index (χ4v) is 3.99. The van der Waals surface area contributed by atoms with Crippen LogP contribution in [0.15, 0.2) is 36.7 Å². The number of nitrogens with zero attached hydrogens (tertiary/aromatic N) is 1. The molecule has 0 atom stereocenters. The highest BCUT2D eigenvalue weighted by Crippen LogP contribution is 2.38. The topological polar surface area (TPSA) is 24.9 Å². The molecule has 1 heterocycles. The molecule has 2 aromatic rings. The molecule has 0 fully saturated rings. The number of fused-ring (bicyclic) bond motifs is 1. The van der Waals surface area contributed by atoms with Crippen LogP contribution >= 0.6 is 11.3 Å². The second-order valence-corrected chi connectivity index (χ2v) is 8.31. The Labute approximate surface area is 137 Å². The van der Waals surface area contributed by atoms with Crippen LogP contribution < -0.4 is 5.32 Å². The second kappa shape index (κ2) is 5.88. The zero-order valence-corrected chi connectivity index (χ0v) is 14.5. The van der Waals surface area contributed by atoms with E-state index >= 15 is 0 Å². The third kappa shape index (κ3) is 3.41. The molecule has 3 rings (SSSR count). The van der Waals surface area contributed by atoms with Gasteiger partial charge >= 0.3 is 0 Å². The number of benzene rings is 1. The number of aromatic nitrogens is 1. The number of hydrogen-bond donors (Lipinski definition) is 1. The first kappa shape index (κ1) is 15.3. The summed E-state index contributed by atoms with van der Waals surface area (Å²) >= 11 is 1.67. The van der Waals surface area contributed by atoms with Crippen LogP contribution in [0.5, 0.6) is 0 Å². The molecule has 116 valence electrons. The minimum absolute atomic E-state index is 0.409. The molecule has 0 unspecified atom stereocenters. The highest BCUT2D eigenvalue weighted by atomic mass is 32.1. The average Bonchev–Trinajstić information content (AvgIpc) is 2.97. The number of anilines is 1. The van der Waals surface area contributed by atoms with Gasteiger partial charge < -0.3 is 5.32 Å². The largest absolute Gasteiger partial charge is 0.336 e. The fourth-order valence-electron chi connectivity index (χ4n) is 3.28. The van der Waals surface area contributed by atoms with Gasteiger partial charge in [-0.15, -0.1) is 11.3 Å². The van der Waals surface area contributed by atoms with Crippen molar-refractivity contribution in [3.63, 3.8) is 0 Å². The van der Waals surface area contributed by atoms with E-state index in [1.807, 2.05) is 6.20 Å². The number of nitrogens with one attached hydrogen (secondary N) is 1. The van der Waals surface area contributed by atoms with Crippen LogP contribution in [-0.2, 0) is 19.3 Å². The van der Waals surface area contributed by atoms with Crippen LogP contribution in [0.4, 0.5) is 5.13 Å². The fraction of sp³-hybridized carbons (Fsp3) is 0.421. The molecular formula is C19H24N2S. The molecule has 0 spiro atoms. The maximum Gasteiger partial charge on any atom is 0.187 e. The summed E-state index contributed by atoms with van der Waals surface area (Å²) in [6.45, 7) is 10.9. The van der Waals surface area contributed by atoms with Crippen molar-refractivity contribution in [1.29, 1.82) is 0 Å². The summed E-state index contributed by atoms with van der Waals surface area (Å²) in [5.74, 6) is 0. The van der Waals surface area contributed by atoms with Gasteiger partial charge in [0, 0.05) is 16.8 Å². The maximum absolute atomic E-state index is 4.33. The molecule has 0 aliphatic heterocycles. The quantitative estimate of drug-likeness (QED) is 0.827. The van der Waals surface area contributed by atoms with Crippen molar-refractivity contribution in [2.75, 3.05) is 5.32 Å². The maximum atomic E-state index is 4.33. The molecular weight excluding hydrogens is 288 g/mol. The Balaban J connectivity index is 1.63. The molecule has 1 N–H and O–H groups in total. The number of hydrogen-bond acceptors (Lipinski definition) is 3. The van der Waals surface area contributed by atoms with E-state index < -0.39 is 0 Å². The summed E-state index contributed by atoms with van der Waals surface area (Å²) < 4.78 is 0. The third-order valence-electron chi connectivity index (χ3n) is 4.30. The van der Waals surface area contributed by atoms with Gasteiger partial charge in [0.25, 0.3) is 0 Å². The SMILES string of the molecule is C=C(CCc1cccc2c1CC(C)(C)C2)Nc1ncc(C)s1. The van der Waals surface area contributed by atoms with Crippen LogP contribution in [0, 0.1) is 12.3 Å². The molecule has 1 aliphatic carbocycles. The second-order valence-electron chi connectivity index (χ2n) is 7.08. The molecule has 0 saturated heterocycles. The van der Waals surface area contributed by atoms with Gasteiger partial charge in [0.05, 0.1) is 0 Å². The van der Waals surface area contributed by atoms with E-state index in [0.717, 1.165) is 23.7 Å². The molecule has 0 bridgehead atoms. The Hall–Kier alpha value is -1.61.